The van der Waals surface area contributed by atoms with Gasteiger partial charge in [-0.05, 0) is 12.8 Å². The number of carbonyl (C=O) groups excluding carboxylic acids is 1. The van der Waals surface area contributed by atoms with Crippen LogP contribution in [0.3, 0.4) is 0 Å². The van der Waals surface area contributed by atoms with Crippen LogP contribution in [0.2, 0.25) is 0 Å². The Bertz CT molecular complexity index is 718. The molecule has 0 N–H and O–H groups in total. The number of nitrogens with zero attached hydrogens (tertiary/aromatic N) is 4. The van der Waals surface area contributed by atoms with Gasteiger partial charge < -0.3 is 19.3 Å². The van der Waals surface area contributed by atoms with Crippen LogP contribution in [0.5, 0.6) is 0 Å². The molecule has 1 aromatic rings. The highest BCUT2D eigenvalue weighted by atomic mass is 16.7. The number of amides is 1. The summed E-state index contributed by atoms with van der Waals surface area (Å²) in [6, 6.07) is 1.60. The van der Waals surface area contributed by atoms with E-state index in [4.69, 9.17) is 9.47 Å². The molecule has 4 rings (SSSR count). The van der Waals surface area contributed by atoms with Crippen molar-refractivity contribution in [3.8, 4) is 0 Å². The molecule has 1 aromatic heterocycles. The molecule has 8 nitrogen and oxygen atoms in total. The summed E-state index contributed by atoms with van der Waals surface area (Å²) in [5, 5.41) is 4.09. The molecule has 142 valence electrons. The van der Waals surface area contributed by atoms with Crippen molar-refractivity contribution in [3.05, 3.63) is 22.6 Å². The number of piperidine rings is 2. The number of aromatic nitrogens is 2. The Labute approximate surface area is 152 Å². The van der Waals surface area contributed by atoms with Gasteiger partial charge in [-0.15, -0.1) is 0 Å². The zero-order chi connectivity index (χ0) is 18.1. The van der Waals surface area contributed by atoms with E-state index in [-0.39, 0.29) is 17.4 Å². The number of aryl methyl sites for hydroxylation is 1. The SMILES string of the molecule is Cn1ncc(N2CCCC(C(=O)N3CCC4(CC3)OCCO4)C2)cc1=O. The quantitative estimate of drug-likeness (QED) is 0.756. The van der Waals surface area contributed by atoms with Crippen molar-refractivity contribution in [2.24, 2.45) is 13.0 Å². The molecule has 4 heterocycles. The van der Waals surface area contributed by atoms with E-state index in [0.29, 0.717) is 32.8 Å². The maximum Gasteiger partial charge on any atom is 0.268 e. The Balaban J connectivity index is 1.39. The van der Waals surface area contributed by atoms with Crippen LogP contribution in [-0.4, -0.2) is 65.8 Å². The third-order valence-electron chi connectivity index (χ3n) is 5.74. The Kier molecular flexibility index (Phi) is 4.71. The largest absolute Gasteiger partial charge is 0.369 e. The minimum absolute atomic E-state index is 0.0349. The van der Waals surface area contributed by atoms with Gasteiger partial charge in [-0.3, -0.25) is 9.59 Å². The number of likely N-dealkylation sites (tertiary alicyclic amines) is 1. The number of anilines is 1. The molecule has 1 unspecified atom stereocenters. The fourth-order valence-corrected chi connectivity index (χ4v) is 4.16. The van der Waals surface area contributed by atoms with Gasteiger partial charge in [0, 0.05) is 52.1 Å². The number of hydrogen-bond acceptors (Lipinski definition) is 6. The van der Waals surface area contributed by atoms with E-state index in [2.05, 4.69) is 10.00 Å². The number of ether oxygens (including phenoxy) is 2. The lowest BCUT2D eigenvalue weighted by molar-refractivity contribution is -0.188. The van der Waals surface area contributed by atoms with Crippen molar-refractivity contribution in [2.75, 3.05) is 44.3 Å². The van der Waals surface area contributed by atoms with Gasteiger partial charge in [0.25, 0.3) is 5.56 Å². The zero-order valence-electron chi connectivity index (χ0n) is 15.2. The first kappa shape index (κ1) is 17.5. The van der Waals surface area contributed by atoms with Crippen LogP contribution in [0, 0.1) is 5.92 Å². The molecule has 0 radical (unpaired) electrons. The fourth-order valence-electron chi connectivity index (χ4n) is 4.16. The minimum atomic E-state index is -0.453. The molecule has 0 saturated carbocycles. The molecule has 1 spiro atoms. The number of rotatable bonds is 2. The number of hydrogen-bond donors (Lipinski definition) is 0. The van der Waals surface area contributed by atoms with E-state index in [9.17, 15) is 9.59 Å². The van der Waals surface area contributed by atoms with Crippen molar-refractivity contribution in [3.63, 3.8) is 0 Å². The monoisotopic (exact) mass is 362 g/mol. The van der Waals surface area contributed by atoms with E-state index in [1.54, 1.807) is 19.3 Å². The molecule has 1 amide bonds. The summed E-state index contributed by atoms with van der Waals surface area (Å²) < 4.78 is 12.8. The second-order valence-corrected chi connectivity index (χ2v) is 7.39. The van der Waals surface area contributed by atoms with Crippen LogP contribution in [0.4, 0.5) is 5.69 Å². The normalized spacial score (nSPS) is 25.7. The Morgan fingerprint density at radius 2 is 1.96 bits per heavy atom. The first-order valence-electron chi connectivity index (χ1n) is 9.41. The summed E-state index contributed by atoms with van der Waals surface area (Å²) in [6.07, 6.45) is 5.02. The van der Waals surface area contributed by atoms with Gasteiger partial charge in [0.05, 0.1) is 31.0 Å². The average molecular weight is 362 g/mol. The molecule has 0 aliphatic carbocycles. The molecule has 8 heteroatoms. The molecule has 3 saturated heterocycles. The van der Waals surface area contributed by atoms with Gasteiger partial charge in [-0.25, -0.2) is 4.68 Å². The van der Waals surface area contributed by atoms with Gasteiger partial charge in [-0.1, -0.05) is 0 Å². The summed E-state index contributed by atoms with van der Waals surface area (Å²) in [5.74, 6) is -0.280. The minimum Gasteiger partial charge on any atom is -0.369 e. The molecule has 26 heavy (non-hydrogen) atoms. The Hall–Kier alpha value is -1.93. The fraction of sp³-hybridized carbons (Fsp3) is 0.722. The van der Waals surface area contributed by atoms with Gasteiger partial charge >= 0.3 is 0 Å². The second-order valence-electron chi connectivity index (χ2n) is 7.39. The van der Waals surface area contributed by atoms with Crippen molar-refractivity contribution < 1.29 is 14.3 Å². The first-order chi connectivity index (χ1) is 12.6. The molecule has 1 atom stereocenters. The summed E-state index contributed by atoms with van der Waals surface area (Å²) >= 11 is 0. The second kappa shape index (κ2) is 7.00. The van der Waals surface area contributed by atoms with Gasteiger partial charge in [0.1, 0.15) is 0 Å². The van der Waals surface area contributed by atoms with Crippen molar-refractivity contribution in [2.45, 2.75) is 31.5 Å². The van der Waals surface area contributed by atoms with Crippen LogP contribution in [-0.2, 0) is 21.3 Å². The molecular formula is C18H26N4O4. The summed E-state index contributed by atoms with van der Waals surface area (Å²) in [5.41, 5.74) is 0.671. The predicted molar refractivity (Wildman–Crippen MR) is 94.9 cm³/mol. The molecule has 3 fully saturated rings. The van der Waals surface area contributed by atoms with E-state index in [1.165, 1.54) is 4.68 Å². The lowest BCUT2D eigenvalue weighted by atomic mass is 9.94. The summed E-state index contributed by atoms with van der Waals surface area (Å²) in [4.78, 5) is 28.9. The smallest absolute Gasteiger partial charge is 0.268 e. The topological polar surface area (TPSA) is 76.9 Å². The third-order valence-corrected chi connectivity index (χ3v) is 5.74. The van der Waals surface area contributed by atoms with Crippen molar-refractivity contribution >= 4 is 11.6 Å². The van der Waals surface area contributed by atoms with Crippen LogP contribution < -0.4 is 10.5 Å². The van der Waals surface area contributed by atoms with Crippen LogP contribution in [0.25, 0.3) is 0 Å². The standard InChI is InChI=1S/C18H26N4O4/c1-20-16(23)11-15(12-19-20)22-6-2-3-14(13-22)17(24)21-7-4-18(5-8-21)25-9-10-26-18/h11-12,14H,2-10,13H2,1H3. The summed E-state index contributed by atoms with van der Waals surface area (Å²) in [7, 11) is 1.63. The van der Waals surface area contributed by atoms with Gasteiger partial charge in [-0.2, -0.15) is 5.10 Å². The molecule has 3 aliphatic heterocycles. The Morgan fingerprint density at radius 3 is 2.65 bits per heavy atom. The van der Waals surface area contributed by atoms with E-state index < -0.39 is 5.79 Å². The predicted octanol–water partition coefficient (Wildman–Crippen LogP) is 0.362. The van der Waals surface area contributed by atoms with Crippen molar-refractivity contribution in [1.29, 1.82) is 0 Å². The van der Waals surface area contributed by atoms with Gasteiger partial charge in [0.2, 0.25) is 5.91 Å². The zero-order valence-corrected chi connectivity index (χ0v) is 15.2. The third kappa shape index (κ3) is 3.35. The Morgan fingerprint density at radius 1 is 1.23 bits per heavy atom. The van der Waals surface area contributed by atoms with E-state index in [1.807, 2.05) is 4.90 Å². The van der Waals surface area contributed by atoms with Gasteiger partial charge in [0.15, 0.2) is 5.79 Å². The molecular weight excluding hydrogens is 336 g/mol. The molecule has 0 aromatic carbocycles. The maximum absolute atomic E-state index is 13.0. The maximum atomic E-state index is 13.0. The van der Waals surface area contributed by atoms with Crippen molar-refractivity contribution in [1.82, 2.24) is 14.7 Å². The lowest BCUT2D eigenvalue weighted by Gasteiger charge is -2.40. The van der Waals surface area contributed by atoms with E-state index in [0.717, 1.165) is 37.9 Å². The highest BCUT2D eigenvalue weighted by Crippen LogP contribution is 2.32. The lowest BCUT2D eigenvalue weighted by Crippen LogP contribution is -2.51. The molecule has 3 aliphatic rings. The van der Waals surface area contributed by atoms with Crippen LogP contribution >= 0.6 is 0 Å². The highest BCUT2D eigenvalue weighted by Gasteiger charge is 2.42. The number of carbonyl (C=O) groups is 1. The highest BCUT2D eigenvalue weighted by molar-refractivity contribution is 5.80. The van der Waals surface area contributed by atoms with Crippen LogP contribution in [0.15, 0.2) is 17.1 Å². The summed E-state index contributed by atoms with van der Waals surface area (Å²) in [6.45, 7) is 4.16. The molecule has 0 bridgehead atoms. The van der Waals surface area contributed by atoms with E-state index >= 15 is 0 Å². The average Bonchev–Trinajstić information content (AvgIpc) is 3.12. The first-order valence-corrected chi connectivity index (χ1v) is 9.41. The van der Waals surface area contributed by atoms with Crippen LogP contribution in [0.1, 0.15) is 25.7 Å².